The summed E-state index contributed by atoms with van der Waals surface area (Å²) in [4.78, 5) is 17.0. The van der Waals surface area contributed by atoms with Crippen LogP contribution < -0.4 is 14.8 Å². The van der Waals surface area contributed by atoms with E-state index in [1.54, 1.807) is 44.0 Å². The maximum Gasteiger partial charge on any atom is 0.412 e. The number of pyridine rings is 1. The number of rotatable bonds is 10. The molecule has 0 unspecified atom stereocenters. The van der Waals surface area contributed by atoms with Crippen molar-refractivity contribution in [2.24, 2.45) is 0 Å². The molecule has 0 saturated heterocycles. The van der Waals surface area contributed by atoms with Gasteiger partial charge in [0.05, 0.1) is 7.11 Å². The number of nitrogens with zero attached hydrogens (tertiary/aromatic N) is 4. The van der Waals surface area contributed by atoms with Crippen molar-refractivity contribution in [1.82, 2.24) is 25.1 Å². The highest BCUT2D eigenvalue weighted by molar-refractivity contribution is 6.76. The number of hydrogen-bond donors (Lipinski definition) is 1. The van der Waals surface area contributed by atoms with Crippen molar-refractivity contribution in [3.8, 4) is 34.0 Å². The fourth-order valence-electron chi connectivity index (χ4n) is 4.53. The summed E-state index contributed by atoms with van der Waals surface area (Å²) in [6.45, 7) is 8.08. The predicted octanol–water partition coefficient (Wildman–Crippen LogP) is 6.14. The highest BCUT2D eigenvalue weighted by Gasteiger charge is 2.18. The van der Waals surface area contributed by atoms with Gasteiger partial charge in [0, 0.05) is 49.8 Å². The van der Waals surface area contributed by atoms with Crippen molar-refractivity contribution < 1.29 is 19.0 Å². The molecule has 0 atom stereocenters. The molecule has 1 aliphatic rings. The first-order chi connectivity index (χ1) is 18.3. The SMILES string of the molecule is COc1ccc(OC(=O)NC2CCCCCC2)cc1-c1cncc(-c2nncn2COCC[Si](C)(C)C)c1. The molecule has 1 fully saturated rings. The normalized spacial score (nSPS) is 14.6. The zero-order valence-electron chi connectivity index (χ0n) is 22.9. The number of aromatic nitrogens is 4. The quantitative estimate of drug-likeness (QED) is 0.188. The van der Waals surface area contributed by atoms with E-state index < -0.39 is 14.2 Å². The molecule has 2 heterocycles. The molecule has 1 aliphatic carbocycles. The van der Waals surface area contributed by atoms with Crippen LogP contribution in [-0.4, -0.2) is 53.7 Å². The van der Waals surface area contributed by atoms with Crippen LogP contribution in [0.2, 0.25) is 25.7 Å². The molecule has 1 N–H and O–H groups in total. The van der Waals surface area contributed by atoms with Gasteiger partial charge in [0.1, 0.15) is 24.6 Å². The molecule has 9 nitrogen and oxygen atoms in total. The van der Waals surface area contributed by atoms with Gasteiger partial charge in [-0.15, -0.1) is 10.2 Å². The molecule has 1 saturated carbocycles. The molecule has 4 rings (SSSR count). The van der Waals surface area contributed by atoms with Crippen LogP contribution in [0.4, 0.5) is 4.79 Å². The second-order valence-corrected chi connectivity index (χ2v) is 16.6. The van der Waals surface area contributed by atoms with Crippen LogP contribution in [-0.2, 0) is 11.5 Å². The topological polar surface area (TPSA) is 100 Å². The zero-order chi connectivity index (χ0) is 27.0. The van der Waals surface area contributed by atoms with Crippen molar-refractivity contribution in [3.05, 3.63) is 43.0 Å². The van der Waals surface area contributed by atoms with Crippen LogP contribution >= 0.6 is 0 Å². The molecule has 38 heavy (non-hydrogen) atoms. The van der Waals surface area contributed by atoms with Gasteiger partial charge in [-0.3, -0.25) is 9.55 Å². The van der Waals surface area contributed by atoms with Crippen molar-refractivity contribution in [2.45, 2.75) is 77.0 Å². The highest BCUT2D eigenvalue weighted by Crippen LogP contribution is 2.35. The van der Waals surface area contributed by atoms with Gasteiger partial charge in [-0.25, -0.2) is 4.79 Å². The summed E-state index contributed by atoms with van der Waals surface area (Å²) < 4.78 is 19.0. The van der Waals surface area contributed by atoms with Gasteiger partial charge in [-0.2, -0.15) is 0 Å². The Hall–Kier alpha value is -3.24. The second kappa shape index (κ2) is 13.0. The predicted molar refractivity (Wildman–Crippen MR) is 150 cm³/mol. The van der Waals surface area contributed by atoms with Crippen LogP contribution in [0.1, 0.15) is 38.5 Å². The van der Waals surface area contributed by atoms with E-state index in [4.69, 9.17) is 14.2 Å². The Morgan fingerprint density at radius 3 is 2.58 bits per heavy atom. The van der Waals surface area contributed by atoms with E-state index in [2.05, 4.69) is 40.1 Å². The molecule has 0 radical (unpaired) electrons. The summed E-state index contributed by atoms with van der Waals surface area (Å²) >= 11 is 0. The fraction of sp³-hybridized carbons (Fsp3) is 0.500. The Bertz CT molecular complexity index is 1200. The fourth-order valence-corrected chi connectivity index (χ4v) is 5.28. The minimum absolute atomic E-state index is 0.167. The minimum Gasteiger partial charge on any atom is -0.496 e. The minimum atomic E-state index is -1.16. The molecule has 1 aromatic carbocycles. The summed E-state index contributed by atoms with van der Waals surface area (Å²) in [5, 5.41) is 11.4. The maximum absolute atomic E-state index is 12.6. The third-order valence-electron chi connectivity index (χ3n) is 6.71. The van der Waals surface area contributed by atoms with Crippen LogP contribution in [0.3, 0.4) is 0 Å². The van der Waals surface area contributed by atoms with E-state index in [-0.39, 0.29) is 6.04 Å². The van der Waals surface area contributed by atoms with Gasteiger partial charge in [-0.05, 0) is 43.2 Å². The molecule has 3 aromatic rings. The lowest BCUT2D eigenvalue weighted by molar-refractivity contribution is 0.0880. The number of carbonyl (C=O) groups is 1. The lowest BCUT2D eigenvalue weighted by atomic mass is 10.0. The van der Waals surface area contributed by atoms with Crippen molar-refractivity contribution in [3.63, 3.8) is 0 Å². The van der Waals surface area contributed by atoms with Gasteiger partial charge in [0.25, 0.3) is 0 Å². The van der Waals surface area contributed by atoms with Crippen LogP contribution in [0, 0.1) is 0 Å². The average Bonchev–Trinajstić information content (AvgIpc) is 3.22. The van der Waals surface area contributed by atoms with E-state index in [1.807, 2.05) is 10.6 Å². The Morgan fingerprint density at radius 2 is 1.84 bits per heavy atom. The highest BCUT2D eigenvalue weighted by atomic mass is 28.3. The zero-order valence-corrected chi connectivity index (χ0v) is 23.9. The molecule has 204 valence electrons. The van der Waals surface area contributed by atoms with Gasteiger partial charge >= 0.3 is 6.09 Å². The number of nitrogens with one attached hydrogen (secondary N) is 1. The lowest BCUT2D eigenvalue weighted by Crippen LogP contribution is -2.36. The monoisotopic (exact) mass is 537 g/mol. The largest absolute Gasteiger partial charge is 0.496 e. The summed E-state index contributed by atoms with van der Waals surface area (Å²) in [5.41, 5.74) is 2.37. The first-order valence-corrected chi connectivity index (χ1v) is 17.1. The Morgan fingerprint density at radius 1 is 1.08 bits per heavy atom. The lowest BCUT2D eigenvalue weighted by Gasteiger charge is -2.17. The van der Waals surface area contributed by atoms with Gasteiger partial charge < -0.3 is 19.5 Å². The van der Waals surface area contributed by atoms with Crippen LogP contribution in [0.15, 0.2) is 43.0 Å². The molecule has 10 heteroatoms. The molecular formula is C28H39N5O4Si. The summed E-state index contributed by atoms with van der Waals surface area (Å²) in [7, 11) is 0.453. The number of amides is 1. The maximum atomic E-state index is 12.6. The van der Waals surface area contributed by atoms with Gasteiger partial charge in [0.2, 0.25) is 0 Å². The molecule has 0 spiro atoms. The van der Waals surface area contributed by atoms with Crippen molar-refractivity contribution in [1.29, 1.82) is 0 Å². The number of ether oxygens (including phenoxy) is 3. The first-order valence-electron chi connectivity index (χ1n) is 13.4. The Kier molecular flexibility index (Phi) is 9.51. The average molecular weight is 538 g/mol. The molecule has 0 aliphatic heterocycles. The van der Waals surface area contributed by atoms with E-state index in [9.17, 15) is 4.79 Å². The van der Waals surface area contributed by atoms with E-state index in [1.165, 1.54) is 12.8 Å². The number of methoxy groups -OCH3 is 1. The van der Waals surface area contributed by atoms with E-state index in [0.29, 0.717) is 30.7 Å². The second-order valence-electron chi connectivity index (χ2n) is 11.0. The molecule has 1 amide bonds. The first kappa shape index (κ1) is 27.8. The Balaban J connectivity index is 1.49. The third kappa shape index (κ3) is 7.88. The van der Waals surface area contributed by atoms with Crippen LogP contribution in [0.5, 0.6) is 11.5 Å². The Labute approximate surface area is 225 Å². The van der Waals surface area contributed by atoms with Gasteiger partial charge in [0.15, 0.2) is 5.82 Å². The van der Waals surface area contributed by atoms with Crippen molar-refractivity contribution >= 4 is 14.2 Å². The van der Waals surface area contributed by atoms with Crippen molar-refractivity contribution in [2.75, 3.05) is 13.7 Å². The summed E-state index contributed by atoms with van der Waals surface area (Å²) in [5.74, 6) is 1.76. The number of carbonyl (C=O) groups excluding carboxylic acids is 1. The number of hydrogen-bond acceptors (Lipinski definition) is 7. The third-order valence-corrected chi connectivity index (χ3v) is 8.41. The standard InChI is InChI=1S/C28H39N5O4Si/c1-35-26-12-11-24(37-28(34)31-23-9-7-5-6-8-10-23)16-25(26)21-15-22(18-29-17-21)27-32-30-19-33(27)20-36-13-14-38(2,3)4/h11-12,15-19,23H,5-10,13-14,20H2,1-4H3,(H,31,34). The molecule has 2 aromatic heterocycles. The van der Waals surface area contributed by atoms with Crippen LogP contribution in [0.25, 0.3) is 22.5 Å². The molecular weight excluding hydrogens is 498 g/mol. The molecule has 0 bridgehead atoms. The number of benzene rings is 1. The smallest absolute Gasteiger partial charge is 0.412 e. The summed E-state index contributed by atoms with van der Waals surface area (Å²) in [6, 6.07) is 8.57. The van der Waals surface area contributed by atoms with E-state index >= 15 is 0 Å². The summed E-state index contributed by atoms with van der Waals surface area (Å²) in [6.07, 6.45) is 11.5. The van der Waals surface area contributed by atoms with E-state index in [0.717, 1.165) is 48.4 Å². The van der Waals surface area contributed by atoms with Gasteiger partial charge in [-0.1, -0.05) is 45.3 Å².